The Kier molecular flexibility index (Phi) is 2.98. The lowest BCUT2D eigenvalue weighted by atomic mass is 10.1. The first-order valence-corrected chi connectivity index (χ1v) is 5.02. The lowest BCUT2D eigenvalue weighted by Crippen LogP contribution is -2.55. The molecule has 0 spiro atoms. The van der Waals surface area contributed by atoms with E-state index in [-0.39, 0.29) is 5.56 Å². The predicted molar refractivity (Wildman–Crippen MR) is 54.5 cm³/mol. The molecule has 1 heterocycles. The van der Waals surface area contributed by atoms with Gasteiger partial charge in [-0.3, -0.25) is 4.90 Å². The van der Waals surface area contributed by atoms with Crippen LogP contribution >= 0.6 is 0 Å². The fourth-order valence-corrected chi connectivity index (χ4v) is 1.65. The maximum absolute atomic E-state index is 13.3. The summed E-state index contributed by atoms with van der Waals surface area (Å²) in [7, 11) is 1.89. The van der Waals surface area contributed by atoms with Gasteiger partial charge >= 0.3 is 0 Å². The monoisotopic (exact) mass is 212 g/mol. The minimum Gasteiger partial charge on any atom is -0.314 e. The van der Waals surface area contributed by atoms with Crippen LogP contribution in [-0.2, 0) is 6.54 Å². The second kappa shape index (κ2) is 4.24. The molecule has 82 valence electrons. The van der Waals surface area contributed by atoms with Gasteiger partial charge in [-0.2, -0.15) is 0 Å². The van der Waals surface area contributed by atoms with Gasteiger partial charge in [-0.05, 0) is 19.2 Å². The van der Waals surface area contributed by atoms with Crippen molar-refractivity contribution < 1.29 is 8.78 Å². The van der Waals surface area contributed by atoms with Crippen molar-refractivity contribution in [1.29, 1.82) is 0 Å². The van der Waals surface area contributed by atoms with Gasteiger partial charge in [-0.15, -0.1) is 0 Å². The first kappa shape index (κ1) is 10.5. The van der Waals surface area contributed by atoms with Crippen LogP contribution in [0, 0.1) is 11.6 Å². The quantitative estimate of drug-likeness (QED) is 0.814. The predicted octanol–water partition coefficient (Wildman–Crippen LogP) is 1.37. The van der Waals surface area contributed by atoms with Crippen LogP contribution in [0.15, 0.2) is 18.2 Å². The molecular weight excluding hydrogens is 198 g/mol. The van der Waals surface area contributed by atoms with Crippen LogP contribution in [0.25, 0.3) is 0 Å². The largest absolute Gasteiger partial charge is 0.314 e. The highest BCUT2D eigenvalue weighted by molar-refractivity contribution is 5.19. The van der Waals surface area contributed by atoms with E-state index in [0.717, 1.165) is 13.1 Å². The van der Waals surface area contributed by atoms with Crippen LogP contribution in [-0.4, -0.2) is 31.1 Å². The van der Waals surface area contributed by atoms with E-state index in [0.29, 0.717) is 12.6 Å². The molecule has 0 saturated carbocycles. The van der Waals surface area contributed by atoms with Gasteiger partial charge in [0, 0.05) is 31.2 Å². The molecule has 0 amide bonds. The molecule has 0 aromatic heterocycles. The Hall–Kier alpha value is -1.00. The first-order valence-electron chi connectivity index (χ1n) is 5.02. The van der Waals surface area contributed by atoms with Gasteiger partial charge in [0.05, 0.1) is 0 Å². The van der Waals surface area contributed by atoms with Crippen LogP contribution in [0.5, 0.6) is 0 Å². The van der Waals surface area contributed by atoms with Crippen LogP contribution in [0.3, 0.4) is 0 Å². The Balaban J connectivity index is 2.09. The van der Waals surface area contributed by atoms with Crippen LogP contribution < -0.4 is 5.32 Å². The summed E-state index contributed by atoms with van der Waals surface area (Å²) in [4.78, 5) is 1.97. The molecule has 1 aliphatic heterocycles. The number of nitrogens with one attached hydrogen (secondary N) is 1. The molecular formula is C11H14F2N2. The molecule has 1 aromatic rings. The second-order valence-corrected chi connectivity index (χ2v) is 3.93. The Morgan fingerprint density at radius 1 is 1.33 bits per heavy atom. The zero-order valence-electron chi connectivity index (χ0n) is 8.63. The fraction of sp³-hybridized carbons (Fsp3) is 0.455. The van der Waals surface area contributed by atoms with Gasteiger partial charge in [0.15, 0.2) is 0 Å². The van der Waals surface area contributed by atoms with E-state index >= 15 is 0 Å². The van der Waals surface area contributed by atoms with Crippen molar-refractivity contribution in [2.24, 2.45) is 0 Å². The van der Waals surface area contributed by atoms with Crippen molar-refractivity contribution in [1.82, 2.24) is 10.2 Å². The highest BCUT2D eigenvalue weighted by atomic mass is 19.1. The highest BCUT2D eigenvalue weighted by Crippen LogP contribution is 2.15. The number of likely N-dealkylation sites (N-methyl/N-ethyl adjacent to an activating group) is 1. The van der Waals surface area contributed by atoms with E-state index in [1.165, 1.54) is 18.2 Å². The molecule has 1 N–H and O–H groups in total. The van der Waals surface area contributed by atoms with Gasteiger partial charge in [0.2, 0.25) is 0 Å². The highest BCUT2D eigenvalue weighted by Gasteiger charge is 2.23. The van der Waals surface area contributed by atoms with Crippen molar-refractivity contribution >= 4 is 0 Å². The number of nitrogens with zero attached hydrogens (tertiary/aromatic N) is 1. The van der Waals surface area contributed by atoms with Crippen molar-refractivity contribution in [3.05, 3.63) is 35.4 Å². The minimum atomic E-state index is -0.464. The standard InChI is InChI=1S/C11H14F2N2/c1-15(8-5-14-6-8)7-9-10(12)3-2-4-11(9)13/h2-4,8,14H,5-7H2,1H3. The Bertz CT molecular complexity index is 330. The third-order valence-electron chi connectivity index (χ3n) is 2.85. The Labute approximate surface area is 87.9 Å². The number of hydrogen-bond acceptors (Lipinski definition) is 2. The van der Waals surface area contributed by atoms with Gasteiger partial charge in [-0.25, -0.2) is 8.78 Å². The smallest absolute Gasteiger partial charge is 0.130 e. The average Bonchev–Trinajstić information content (AvgIpc) is 2.08. The van der Waals surface area contributed by atoms with Crippen molar-refractivity contribution in [3.63, 3.8) is 0 Å². The molecule has 0 unspecified atom stereocenters. The van der Waals surface area contributed by atoms with E-state index in [4.69, 9.17) is 0 Å². The third-order valence-corrected chi connectivity index (χ3v) is 2.85. The van der Waals surface area contributed by atoms with Crippen molar-refractivity contribution in [2.75, 3.05) is 20.1 Å². The molecule has 1 fully saturated rings. The molecule has 0 bridgehead atoms. The second-order valence-electron chi connectivity index (χ2n) is 3.93. The van der Waals surface area contributed by atoms with Gasteiger partial charge < -0.3 is 5.32 Å². The number of halogens is 2. The summed E-state index contributed by atoms with van der Waals surface area (Å²) in [6.07, 6.45) is 0. The number of rotatable bonds is 3. The molecule has 4 heteroatoms. The Morgan fingerprint density at radius 2 is 1.93 bits per heavy atom. The zero-order chi connectivity index (χ0) is 10.8. The summed E-state index contributed by atoms with van der Waals surface area (Å²) >= 11 is 0. The molecule has 0 radical (unpaired) electrons. The molecule has 15 heavy (non-hydrogen) atoms. The molecule has 2 nitrogen and oxygen atoms in total. The van der Waals surface area contributed by atoms with Gasteiger partial charge in [0.25, 0.3) is 0 Å². The molecule has 2 rings (SSSR count). The lowest BCUT2D eigenvalue weighted by Gasteiger charge is -2.35. The van der Waals surface area contributed by atoms with E-state index < -0.39 is 11.6 Å². The van der Waals surface area contributed by atoms with E-state index in [1.54, 1.807) is 0 Å². The van der Waals surface area contributed by atoms with Crippen molar-refractivity contribution in [2.45, 2.75) is 12.6 Å². The summed E-state index contributed by atoms with van der Waals surface area (Å²) < 4.78 is 26.6. The number of benzene rings is 1. The number of hydrogen-bond donors (Lipinski definition) is 1. The van der Waals surface area contributed by atoms with E-state index in [2.05, 4.69) is 5.32 Å². The minimum absolute atomic E-state index is 0.159. The SMILES string of the molecule is CN(Cc1c(F)cccc1F)C1CNC1. The Morgan fingerprint density at radius 3 is 2.40 bits per heavy atom. The first-order chi connectivity index (χ1) is 7.18. The summed E-state index contributed by atoms with van der Waals surface area (Å²) in [6.45, 7) is 2.12. The molecule has 0 aliphatic carbocycles. The fourth-order valence-electron chi connectivity index (χ4n) is 1.65. The zero-order valence-corrected chi connectivity index (χ0v) is 8.63. The average molecular weight is 212 g/mol. The summed E-state index contributed by atoms with van der Waals surface area (Å²) in [6, 6.07) is 4.37. The summed E-state index contributed by atoms with van der Waals surface area (Å²) in [5, 5.41) is 3.13. The maximum Gasteiger partial charge on any atom is 0.130 e. The van der Waals surface area contributed by atoms with Crippen LogP contribution in [0.1, 0.15) is 5.56 Å². The summed E-state index contributed by atoms with van der Waals surface area (Å²) in [5.74, 6) is -0.928. The topological polar surface area (TPSA) is 15.3 Å². The molecule has 1 aliphatic rings. The van der Waals surface area contributed by atoms with Crippen molar-refractivity contribution in [3.8, 4) is 0 Å². The van der Waals surface area contributed by atoms with E-state index in [1.807, 2.05) is 11.9 Å². The third kappa shape index (κ3) is 2.16. The summed E-state index contributed by atoms with van der Waals surface area (Å²) in [5.41, 5.74) is 0.159. The van der Waals surface area contributed by atoms with Gasteiger partial charge in [-0.1, -0.05) is 6.07 Å². The molecule has 1 aromatic carbocycles. The van der Waals surface area contributed by atoms with Gasteiger partial charge in [0.1, 0.15) is 11.6 Å². The maximum atomic E-state index is 13.3. The van der Waals surface area contributed by atoms with E-state index in [9.17, 15) is 8.78 Å². The van der Waals surface area contributed by atoms with Crippen LogP contribution in [0.2, 0.25) is 0 Å². The van der Waals surface area contributed by atoms with Crippen LogP contribution in [0.4, 0.5) is 8.78 Å². The normalized spacial score (nSPS) is 16.8. The molecule has 0 atom stereocenters. The molecule has 1 saturated heterocycles. The lowest BCUT2D eigenvalue weighted by molar-refractivity contribution is 0.169.